The number of ether oxygens (including phenoxy) is 3. The van der Waals surface area contributed by atoms with Crippen LogP contribution in [0.4, 0.5) is 0 Å². The summed E-state index contributed by atoms with van der Waals surface area (Å²) < 4.78 is 19.4. The zero-order chi connectivity index (χ0) is 23.5. The molecule has 0 radical (unpaired) electrons. The first-order valence-electron chi connectivity index (χ1n) is 13.4. The van der Waals surface area contributed by atoms with Crippen molar-refractivity contribution < 1.29 is 19.3 Å². The van der Waals surface area contributed by atoms with Crippen LogP contribution in [0.25, 0.3) is 0 Å². The molecule has 4 nitrogen and oxygen atoms in total. The van der Waals surface area contributed by atoms with Gasteiger partial charge in [0.2, 0.25) is 0 Å². The molecule has 1 aromatic carbocycles. The summed E-state index contributed by atoms with van der Waals surface area (Å²) in [5.74, 6) is -0.512. The molecule has 0 unspecified atom stereocenters. The van der Waals surface area contributed by atoms with E-state index in [9.17, 15) is 5.11 Å². The molecule has 0 amide bonds. The summed E-state index contributed by atoms with van der Waals surface area (Å²) in [6.07, 6.45) is 15.0. The molecular formula is C28H46O4Se. The first-order chi connectivity index (χ1) is 16.0. The number of aliphatic hydroxyl groups is 1. The summed E-state index contributed by atoms with van der Waals surface area (Å²) >= 11 is 0.196. The second-order valence-electron chi connectivity index (χ2n) is 10.2. The van der Waals surface area contributed by atoms with E-state index in [0.29, 0.717) is 6.61 Å². The third-order valence-electron chi connectivity index (χ3n) is 6.87. The van der Waals surface area contributed by atoms with E-state index >= 15 is 0 Å². The van der Waals surface area contributed by atoms with Crippen molar-refractivity contribution in [2.24, 2.45) is 0 Å². The van der Waals surface area contributed by atoms with Gasteiger partial charge in [0.15, 0.2) is 0 Å². The summed E-state index contributed by atoms with van der Waals surface area (Å²) in [4.78, 5) is 0.199. The minimum absolute atomic E-state index is 0.0141. The Kier molecular flexibility index (Phi) is 11.7. The van der Waals surface area contributed by atoms with Crippen LogP contribution in [-0.2, 0) is 14.2 Å². The molecular weight excluding hydrogens is 479 g/mol. The molecule has 188 valence electrons. The van der Waals surface area contributed by atoms with Gasteiger partial charge >= 0.3 is 195 Å². The molecule has 5 atom stereocenters. The van der Waals surface area contributed by atoms with Crippen LogP contribution in [0, 0.1) is 0 Å². The number of aliphatic hydroxyl groups excluding tert-OH is 1. The number of rotatable bonds is 16. The molecule has 2 aliphatic heterocycles. The molecule has 3 rings (SSSR count). The van der Waals surface area contributed by atoms with Gasteiger partial charge in [0.05, 0.1) is 0 Å². The normalized spacial score (nSPS) is 26.1. The SMILES string of the molecule is CCCCCCCCCCCC[C@H](O)[C@@H]([Se]c1ccccc1)[C@H]1C[C@H]([C@H]2COC(C)(C)O2)O1. The fraction of sp³-hybridized carbons (Fsp3) is 0.786. The third kappa shape index (κ3) is 9.28. The molecule has 5 heteroatoms. The van der Waals surface area contributed by atoms with E-state index in [1.54, 1.807) is 0 Å². The second kappa shape index (κ2) is 14.2. The standard InChI is InChI=1S/C28H46O4Se/c1-4-5-6-7-8-9-10-11-12-16-19-23(29)27(33-22-17-14-13-15-18-22)25-20-24(31-25)26-21-30-28(2,3)32-26/h13-15,17-18,23-27,29H,4-12,16,19-21H2,1-3H3/t23-,24+,25+,26+,27+/m0/s1. The van der Waals surface area contributed by atoms with Crippen molar-refractivity contribution in [3.05, 3.63) is 30.3 Å². The van der Waals surface area contributed by atoms with E-state index in [1.165, 1.54) is 62.2 Å². The molecule has 0 saturated carbocycles. The van der Waals surface area contributed by atoms with Gasteiger partial charge < -0.3 is 0 Å². The van der Waals surface area contributed by atoms with Gasteiger partial charge in [0, 0.05) is 0 Å². The topological polar surface area (TPSA) is 47.9 Å². The summed E-state index contributed by atoms with van der Waals surface area (Å²) in [5.41, 5.74) is 0. The van der Waals surface area contributed by atoms with Crippen molar-refractivity contribution in [1.29, 1.82) is 0 Å². The Morgan fingerprint density at radius 1 is 0.939 bits per heavy atom. The van der Waals surface area contributed by atoms with Crippen molar-refractivity contribution in [3.8, 4) is 0 Å². The van der Waals surface area contributed by atoms with Crippen LogP contribution in [0.3, 0.4) is 0 Å². The third-order valence-corrected chi connectivity index (χ3v) is 9.88. The average molecular weight is 526 g/mol. The summed E-state index contributed by atoms with van der Waals surface area (Å²) in [6, 6.07) is 10.6. The van der Waals surface area contributed by atoms with Gasteiger partial charge in [-0.3, -0.25) is 0 Å². The fourth-order valence-corrected chi connectivity index (χ4v) is 7.48. The number of benzene rings is 1. The molecule has 1 N–H and O–H groups in total. The van der Waals surface area contributed by atoms with E-state index in [4.69, 9.17) is 14.2 Å². The molecule has 2 aliphatic rings. The Labute approximate surface area is 208 Å². The zero-order valence-corrected chi connectivity index (χ0v) is 22.8. The molecule has 0 spiro atoms. The van der Waals surface area contributed by atoms with Crippen LogP contribution in [0.1, 0.15) is 97.8 Å². The summed E-state index contributed by atoms with van der Waals surface area (Å²) in [5, 5.41) is 11.1. The first kappa shape index (κ1) is 27.2. The van der Waals surface area contributed by atoms with Gasteiger partial charge in [-0.25, -0.2) is 0 Å². The molecule has 2 heterocycles. The Morgan fingerprint density at radius 3 is 2.12 bits per heavy atom. The Hall–Kier alpha value is -0.421. The zero-order valence-electron chi connectivity index (χ0n) is 21.0. The van der Waals surface area contributed by atoms with Crippen LogP contribution in [-0.4, -0.2) is 56.9 Å². The Bertz CT molecular complexity index is 647. The Morgan fingerprint density at radius 2 is 1.55 bits per heavy atom. The fourth-order valence-electron chi connectivity index (χ4n) is 4.86. The number of hydrogen-bond acceptors (Lipinski definition) is 4. The molecule has 1 aromatic rings. The molecule has 33 heavy (non-hydrogen) atoms. The average Bonchev–Trinajstić information content (AvgIpc) is 3.13. The van der Waals surface area contributed by atoms with Crippen LogP contribution >= 0.6 is 0 Å². The van der Waals surface area contributed by atoms with Crippen LogP contribution in [0.15, 0.2) is 30.3 Å². The molecule has 0 bridgehead atoms. The van der Waals surface area contributed by atoms with Crippen molar-refractivity contribution in [2.45, 2.75) is 133 Å². The summed E-state index contributed by atoms with van der Waals surface area (Å²) in [6.45, 7) is 6.79. The van der Waals surface area contributed by atoms with Crippen molar-refractivity contribution in [1.82, 2.24) is 0 Å². The maximum atomic E-state index is 11.1. The van der Waals surface area contributed by atoms with E-state index in [2.05, 4.69) is 37.3 Å². The minimum atomic E-state index is -0.512. The van der Waals surface area contributed by atoms with Crippen LogP contribution < -0.4 is 4.46 Å². The quantitative estimate of drug-likeness (QED) is 0.219. The maximum absolute atomic E-state index is 11.1. The predicted molar refractivity (Wildman–Crippen MR) is 136 cm³/mol. The molecule has 0 aliphatic carbocycles. The van der Waals surface area contributed by atoms with Gasteiger partial charge in [-0.05, 0) is 0 Å². The van der Waals surface area contributed by atoms with Gasteiger partial charge in [0.25, 0.3) is 0 Å². The van der Waals surface area contributed by atoms with Crippen molar-refractivity contribution in [3.63, 3.8) is 0 Å². The van der Waals surface area contributed by atoms with Crippen LogP contribution in [0.5, 0.6) is 0 Å². The van der Waals surface area contributed by atoms with Gasteiger partial charge in [-0.1, -0.05) is 13.3 Å². The molecule has 0 aromatic heterocycles. The molecule has 2 fully saturated rings. The molecule has 2 saturated heterocycles. The van der Waals surface area contributed by atoms with Crippen molar-refractivity contribution in [2.75, 3.05) is 6.61 Å². The number of unbranched alkanes of at least 4 members (excludes halogenated alkanes) is 9. The number of hydrogen-bond donors (Lipinski definition) is 1. The van der Waals surface area contributed by atoms with Gasteiger partial charge in [-0.15, -0.1) is 0 Å². The van der Waals surface area contributed by atoms with E-state index in [-0.39, 0.29) is 44.2 Å². The van der Waals surface area contributed by atoms with E-state index < -0.39 is 5.79 Å². The Balaban J connectivity index is 1.39. The first-order valence-corrected chi connectivity index (χ1v) is 15.2. The van der Waals surface area contributed by atoms with E-state index in [1.807, 2.05) is 13.8 Å². The van der Waals surface area contributed by atoms with Gasteiger partial charge in [-0.2, -0.15) is 0 Å². The predicted octanol–water partition coefficient (Wildman–Crippen LogP) is 5.79. The van der Waals surface area contributed by atoms with Gasteiger partial charge in [0.1, 0.15) is 0 Å². The van der Waals surface area contributed by atoms with Crippen molar-refractivity contribution >= 4 is 19.4 Å². The second-order valence-corrected chi connectivity index (χ2v) is 12.9. The van der Waals surface area contributed by atoms with E-state index in [0.717, 1.165) is 19.3 Å². The summed E-state index contributed by atoms with van der Waals surface area (Å²) in [7, 11) is 0. The monoisotopic (exact) mass is 526 g/mol. The van der Waals surface area contributed by atoms with Crippen LogP contribution in [0.2, 0.25) is 4.82 Å².